The summed E-state index contributed by atoms with van der Waals surface area (Å²) in [7, 11) is -4.86. The first-order valence-corrected chi connectivity index (χ1v) is 6.43. The standard InChI is InChI=1S/C8H11F3O5S/c9-8(10,11)6(4-17(13,14)15)16-7(12)5-2-1-3-5/h5-6H,1-4H2,(H,13,14,15). The molecule has 0 aromatic heterocycles. The zero-order valence-electron chi connectivity index (χ0n) is 8.61. The van der Waals surface area contributed by atoms with Crippen molar-refractivity contribution in [3.63, 3.8) is 0 Å². The molecule has 0 aromatic carbocycles. The quantitative estimate of drug-likeness (QED) is 0.615. The molecule has 1 fully saturated rings. The van der Waals surface area contributed by atoms with Crippen molar-refractivity contribution in [1.82, 2.24) is 0 Å². The van der Waals surface area contributed by atoms with Gasteiger partial charge in [0.05, 0.1) is 5.92 Å². The van der Waals surface area contributed by atoms with Gasteiger partial charge in [0, 0.05) is 0 Å². The first-order chi connectivity index (χ1) is 7.59. The van der Waals surface area contributed by atoms with Crippen LogP contribution in [0.3, 0.4) is 0 Å². The fourth-order valence-corrected chi connectivity index (χ4v) is 1.91. The second-order valence-electron chi connectivity index (χ2n) is 3.84. The topological polar surface area (TPSA) is 80.7 Å². The second-order valence-corrected chi connectivity index (χ2v) is 5.34. The molecule has 0 aliphatic heterocycles. The van der Waals surface area contributed by atoms with Crippen molar-refractivity contribution in [3.8, 4) is 0 Å². The van der Waals surface area contributed by atoms with E-state index in [4.69, 9.17) is 4.55 Å². The highest BCUT2D eigenvalue weighted by atomic mass is 32.2. The van der Waals surface area contributed by atoms with Gasteiger partial charge in [-0.15, -0.1) is 0 Å². The summed E-state index contributed by atoms with van der Waals surface area (Å²) in [6.07, 6.45) is -6.22. The molecule has 17 heavy (non-hydrogen) atoms. The van der Waals surface area contributed by atoms with Crippen molar-refractivity contribution in [2.24, 2.45) is 5.92 Å². The molecule has 0 aromatic rings. The van der Waals surface area contributed by atoms with E-state index in [0.29, 0.717) is 12.8 Å². The van der Waals surface area contributed by atoms with Gasteiger partial charge in [-0.2, -0.15) is 21.6 Å². The van der Waals surface area contributed by atoms with Crippen LogP contribution in [0.1, 0.15) is 19.3 Å². The van der Waals surface area contributed by atoms with E-state index in [1.807, 2.05) is 0 Å². The molecular weight excluding hydrogens is 265 g/mol. The zero-order chi connectivity index (χ0) is 13.3. The van der Waals surface area contributed by atoms with E-state index in [1.54, 1.807) is 0 Å². The van der Waals surface area contributed by atoms with Crippen LogP contribution < -0.4 is 0 Å². The van der Waals surface area contributed by atoms with Crippen LogP contribution >= 0.6 is 0 Å². The zero-order valence-corrected chi connectivity index (χ0v) is 9.42. The Labute approximate surface area is 95.7 Å². The van der Waals surface area contributed by atoms with Crippen molar-refractivity contribution in [1.29, 1.82) is 0 Å². The van der Waals surface area contributed by atoms with Crippen molar-refractivity contribution in [2.45, 2.75) is 31.5 Å². The van der Waals surface area contributed by atoms with E-state index < -0.39 is 40.0 Å². The second kappa shape index (κ2) is 4.81. The summed E-state index contributed by atoms with van der Waals surface area (Å²) in [5.41, 5.74) is 0. The third kappa shape index (κ3) is 4.50. The minimum absolute atomic E-state index is 0.440. The Bertz CT molecular complexity index is 384. The predicted molar refractivity (Wildman–Crippen MR) is 49.7 cm³/mol. The third-order valence-electron chi connectivity index (χ3n) is 2.42. The van der Waals surface area contributed by atoms with Gasteiger partial charge in [-0.05, 0) is 12.8 Å². The number of rotatable bonds is 4. The van der Waals surface area contributed by atoms with Crippen molar-refractivity contribution in [2.75, 3.05) is 5.75 Å². The van der Waals surface area contributed by atoms with Gasteiger partial charge in [-0.3, -0.25) is 9.35 Å². The van der Waals surface area contributed by atoms with Crippen LogP contribution in [0.25, 0.3) is 0 Å². The summed E-state index contributed by atoms with van der Waals surface area (Å²) < 4.78 is 70.3. The molecule has 1 unspecified atom stereocenters. The number of carbonyl (C=O) groups excluding carboxylic acids is 1. The minimum Gasteiger partial charge on any atom is -0.451 e. The lowest BCUT2D eigenvalue weighted by atomic mass is 9.86. The number of hydrogen-bond acceptors (Lipinski definition) is 4. The number of esters is 1. The Hall–Kier alpha value is -0.830. The maximum Gasteiger partial charge on any atom is 0.426 e. The number of ether oxygens (including phenoxy) is 1. The van der Waals surface area contributed by atoms with Gasteiger partial charge in [0.25, 0.3) is 10.1 Å². The number of halogens is 3. The van der Waals surface area contributed by atoms with Crippen LogP contribution in [-0.2, 0) is 19.6 Å². The third-order valence-corrected chi connectivity index (χ3v) is 3.15. The maximum absolute atomic E-state index is 12.3. The number of carbonyl (C=O) groups is 1. The Kier molecular flexibility index (Phi) is 4.03. The summed E-state index contributed by atoms with van der Waals surface area (Å²) in [5.74, 6) is -3.34. The Morgan fingerprint density at radius 1 is 1.41 bits per heavy atom. The smallest absolute Gasteiger partial charge is 0.426 e. The maximum atomic E-state index is 12.3. The molecule has 5 nitrogen and oxygen atoms in total. The van der Waals surface area contributed by atoms with E-state index in [9.17, 15) is 26.4 Å². The molecule has 1 rings (SSSR count). The summed E-state index contributed by atoms with van der Waals surface area (Å²) in [5, 5.41) is 0. The van der Waals surface area contributed by atoms with Gasteiger partial charge in [0.1, 0.15) is 5.75 Å². The molecule has 1 atom stereocenters. The molecule has 0 spiro atoms. The van der Waals surface area contributed by atoms with Crippen molar-refractivity contribution < 1.29 is 35.7 Å². The van der Waals surface area contributed by atoms with Crippen LogP contribution in [0.2, 0.25) is 0 Å². The SMILES string of the molecule is O=C(OC(CS(=O)(=O)O)C(F)(F)F)C1CCC1. The largest absolute Gasteiger partial charge is 0.451 e. The van der Waals surface area contributed by atoms with Crippen molar-refractivity contribution >= 4 is 16.1 Å². The van der Waals surface area contributed by atoms with Gasteiger partial charge in [-0.1, -0.05) is 6.42 Å². The molecule has 1 aliphatic carbocycles. The molecule has 0 saturated heterocycles. The molecule has 0 amide bonds. The highest BCUT2D eigenvalue weighted by molar-refractivity contribution is 7.85. The molecule has 0 heterocycles. The van der Waals surface area contributed by atoms with Gasteiger partial charge in [0.2, 0.25) is 6.10 Å². The van der Waals surface area contributed by atoms with Gasteiger partial charge < -0.3 is 4.74 Å². The Morgan fingerprint density at radius 3 is 2.24 bits per heavy atom. The van der Waals surface area contributed by atoms with E-state index in [0.717, 1.165) is 6.42 Å². The average Bonchev–Trinajstić information content (AvgIpc) is 1.94. The molecule has 1 N–H and O–H groups in total. The monoisotopic (exact) mass is 276 g/mol. The van der Waals surface area contributed by atoms with Crippen molar-refractivity contribution in [3.05, 3.63) is 0 Å². The fourth-order valence-electron chi connectivity index (χ4n) is 1.27. The molecular formula is C8H11F3O5S. The fraction of sp³-hybridized carbons (Fsp3) is 0.875. The number of hydrogen-bond donors (Lipinski definition) is 1. The van der Waals surface area contributed by atoms with Crippen LogP contribution in [0.15, 0.2) is 0 Å². The van der Waals surface area contributed by atoms with Crippen LogP contribution in [-0.4, -0.2) is 37.0 Å². The minimum atomic E-state index is -5.02. The van der Waals surface area contributed by atoms with E-state index >= 15 is 0 Å². The number of alkyl halides is 3. The summed E-state index contributed by atoms with van der Waals surface area (Å²) >= 11 is 0. The first kappa shape index (κ1) is 14.2. The first-order valence-electron chi connectivity index (χ1n) is 4.82. The predicted octanol–water partition coefficient (Wildman–Crippen LogP) is 1.15. The molecule has 1 aliphatic rings. The van der Waals surface area contributed by atoms with Crippen LogP contribution in [0.4, 0.5) is 13.2 Å². The van der Waals surface area contributed by atoms with Crippen LogP contribution in [0, 0.1) is 5.92 Å². The Morgan fingerprint density at radius 2 is 1.94 bits per heavy atom. The normalized spacial score (nSPS) is 19.5. The van der Waals surface area contributed by atoms with Gasteiger partial charge in [-0.25, -0.2) is 0 Å². The van der Waals surface area contributed by atoms with Gasteiger partial charge >= 0.3 is 12.1 Å². The molecule has 9 heteroatoms. The van der Waals surface area contributed by atoms with Crippen LogP contribution in [0.5, 0.6) is 0 Å². The molecule has 1 saturated carbocycles. The highest BCUT2D eigenvalue weighted by Gasteiger charge is 2.46. The van der Waals surface area contributed by atoms with E-state index in [1.165, 1.54) is 0 Å². The average molecular weight is 276 g/mol. The Balaban J connectivity index is 2.67. The highest BCUT2D eigenvalue weighted by Crippen LogP contribution is 2.30. The van der Waals surface area contributed by atoms with Gasteiger partial charge in [0.15, 0.2) is 0 Å². The lowest BCUT2D eigenvalue weighted by Crippen LogP contribution is -2.41. The van der Waals surface area contributed by atoms with E-state index in [2.05, 4.69) is 4.74 Å². The molecule has 100 valence electrons. The molecule has 0 bridgehead atoms. The lowest BCUT2D eigenvalue weighted by molar-refractivity contribution is -0.218. The van der Waals surface area contributed by atoms with E-state index in [-0.39, 0.29) is 0 Å². The summed E-state index contributed by atoms with van der Waals surface area (Å²) in [6.45, 7) is 0. The summed E-state index contributed by atoms with van der Waals surface area (Å²) in [6, 6.07) is 0. The summed E-state index contributed by atoms with van der Waals surface area (Å²) in [4.78, 5) is 11.2. The lowest BCUT2D eigenvalue weighted by Gasteiger charge is -2.26. The molecule has 0 radical (unpaired) electrons.